The normalized spacial score (nSPS) is 12.5. The molecular formula is C18H26BrFIN5. The van der Waals surface area contributed by atoms with E-state index in [1.807, 2.05) is 18.7 Å². The Kier molecular flexibility index (Phi) is 9.02. The van der Waals surface area contributed by atoms with Gasteiger partial charge in [-0.25, -0.2) is 4.39 Å². The quantitative estimate of drug-likeness (QED) is 0.346. The van der Waals surface area contributed by atoms with Gasteiger partial charge in [-0.2, -0.15) is 5.10 Å². The molecule has 0 bridgehead atoms. The van der Waals surface area contributed by atoms with Crippen LogP contribution >= 0.6 is 39.9 Å². The van der Waals surface area contributed by atoms with Crippen LogP contribution in [0.15, 0.2) is 27.7 Å². The summed E-state index contributed by atoms with van der Waals surface area (Å²) in [6.07, 6.45) is 0.857. The molecule has 0 spiro atoms. The van der Waals surface area contributed by atoms with Crippen LogP contribution in [0.3, 0.4) is 0 Å². The molecule has 0 fully saturated rings. The second-order valence-corrected chi connectivity index (χ2v) is 7.04. The van der Waals surface area contributed by atoms with Crippen molar-refractivity contribution in [2.24, 2.45) is 12.0 Å². The molecule has 2 N–H and O–H groups in total. The van der Waals surface area contributed by atoms with Gasteiger partial charge in [-0.1, -0.05) is 15.9 Å². The molecule has 0 saturated carbocycles. The molecule has 0 amide bonds. The molecule has 0 aliphatic carbocycles. The first-order valence-corrected chi connectivity index (χ1v) is 9.01. The van der Waals surface area contributed by atoms with Gasteiger partial charge in [-0.15, -0.1) is 24.0 Å². The zero-order valence-electron chi connectivity index (χ0n) is 15.7. The van der Waals surface area contributed by atoms with Crippen molar-refractivity contribution in [2.45, 2.75) is 39.8 Å². The molecule has 144 valence electrons. The van der Waals surface area contributed by atoms with Crippen molar-refractivity contribution in [1.82, 2.24) is 20.4 Å². The average Bonchev–Trinajstić information content (AvgIpc) is 2.80. The lowest BCUT2D eigenvalue weighted by atomic mass is 10.1. The van der Waals surface area contributed by atoms with Crippen molar-refractivity contribution in [3.8, 4) is 0 Å². The highest BCUT2D eigenvalue weighted by Gasteiger charge is 2.14. The second-order valence-electron chi connectivity index (χ2n) is 6.18. The summed E-state index contributed by atoms with van der Waals surface area (Å²) < 4.78 is 16.2. The third-order valence-electron chi connectivity index (χ3n) is 4.23. The average molecular weight is 538 g/mol. The SMILES string of the molecule is CN=C(NCc1cc(F)ccc1Br)NC(C)Cc1c(C)nn(C)c1C.I. The zero-order valence-corrected chi connectivity index (χ0v) is 19.6. The summed E-state index contributed by atoms with van der Waals surface area (Å²) in [5.74, 6) is 0.432. The smallest absolute Gasteiger partial charge is 0.191 e. The number of aryl methyl sites for hydroxylation is 2. The fraction of sp³-hybridized carbons (Fsp3) is 0.444. The van der Waals surface area contributed by atoms with Crippen molar-refractivity contribution in [2.75, 3.05) is 7.05 Å². The van der Waals surface area contributed by atoms with Gasteiger partial charge in [0.1, 0.15) is 5.82 Å². The summed E-state index contributed by atoms with van der Waals surface area (Å²) in [6, 6.07) is 4.83. The van der Waals surface area contributed by atoms with E-state index in [0.717, 1.165) is 22.2 Å². The predicted octanol–water partition coefficient (Wildman–Crippen LogP) is 3.85. The van der Waals surface area contributed by atoms with Gasteiger partial charge in [0.05, 0.1) is 5.69 Å². The highest BCUT2D eigenvalue weighted by Crippen LogP contribution is 2.17. The number of rotatable bonds is 5. The van der Waals surface area contributed by atoms with Crippen molar-refractivity contribution < 1.29 is 4.39 Å². The van der Waals surface area contributed by atoms with E-state index in [0.29, 0.717) is 12.5 Å². The number of aromatic nitrogens is 2. The topological polar surface area (TPSA) is 54.2 Å². The molecular weight excluding hydrogens is 512 g/mol. The molecule has 1 aromatic heterocycles. The van der Waals surface area contributed by atoms with E-state index in [2.05, 4.69) is 50.5 Å². The van der Waals surface area contributed by atoms with Crippen LogP contribution in [0.1, 0.15) is 29.4 Å². The summed E-state index contributed by atoms with van der Waals surface area (Å²) >= 11 is 3.44. The zero-order chi connectivity index (χ0) is 18.6. The van der Waals surface area contributed by atoms with Gasteiger partial charge in [0.2, 0.25) is 0 Å². The Morgan fingerprint density at radius 3 is 2.65 bits per heavy atom. The Morgan fingerprint density at radius 1 is 1.38 bits per heavy atom. The highest BCUT2D eigenvalue weighted by molar-refractivity contribution is 14.0. The number of halogens is 3. The van der Waals surface area contributed by atoms with Crippen LogP contribution in [-0.4, -0.2) is 28.8 Å². The molecule has 26 heavy (non-hydrogen) atoms. The Labute approximate surface area is 180 Å². The first-order chi connectivity index (χ1) is 11.8. The predicted molar refractivity (Wildman–Crippen MR) is 119 cm³/mol. The van der Waals surface area contributed by atoms with Crippen molar-refractivity contribution >= 4 is 45.9 Å². The first-order valence-electron chi connectivity index (χ1n) is 8.22. The van der Waals surface area contributed by atoms with Crippen molar-refractivity contribution in [3.05, 3.63) is 51.0 Å². The monoisotopic (exact) mass is 537 g/mol. The number of hydrogen-bond donors (Lipinski definition) is 2. The summed E-state index contributed by atoms with van der Waals surface area (Å²) in [4.78, 5) is 4.25. The molecule has 8 heteroatoms. The summed E-state index contributed by atoms with van der Waals surface area (Å²) in [6.45, 7) is 6.70. The van der Waals surface area contributed by atoms with Crippen LogP contribution in [-0.2, 0) is 20.0 Å². The minimum atomic E-state index is -0.251. The van der Waals surface area contributed by atoms with E-state index in [1.54, 1.807) is 13.1 Å². The molecule has 0 aliphatic rings. The third kappa shape index (κ3) is 5.94. The number of nitrogens with zero attached hydrogens (tertiary/aromatic N) is 3. The van der Waals surface area contributed by atoms with Crippen LogP contribution in [0, 0.1) is 19.7 Å². The van der Waals surface area contributed by atoms with Crippen LogP contribution in [0.5, 0.6) is 0 Å². The van der Waals surface area contributed by atoms with Gasteiger partial charge in [0, 0.05) is 36.8 Å². The third-order valence-corrected chi connectivity index (χ3v) is 5.00. The molecule has 1 heterocycles. The van der Waals surface area contributed by atoms with E-state index in [9.17, 15) is 4.39 Å². The van der Waals surface area contributed by atoms with Gasteiger partial charge in [-0.3, -0.25) is 9.67 Å². The maximum Gasteiger partial charge on any atom is 0.191 e. The maximum atomic E-state index is 13.4. The Hall–Kier alpha value is -1.16. The molecule has 1 aromatic carbocycles. The molecule has 0 radical (unpaired) electrons. The number of benzene rings is 1. The fourth-order valence-electron chi connectivity index (χ4n) is 2.76. The van der Waals surface area contributed by atoms with Crippen LogP contribution in [0.2, 0.25) is 0 Å². The summed E-state index contributed by atoms with van der Waals surface area (Å²) in [5.41, 5.74) is 4.33. The number of nitrogens with one attached hydrogen (secondary N) is 2. The molecule has 2 aromatic rings. The lowest BCUT2D eigenvalue weighted by Gasteiger charge is -2.18. The molecule has 5 nitrogen and oxygen atoms in total. The highest BCUT2D eigenvalue weighted by atomic mass is 127. The number of hydrogen-bond acceptors (Lipinski definition) is 2. The molecule has 2 rings (SSSR count). The Morgan fingerprint density at radius 2 is 2.08 bits per heavy atom. The standard InChI is InChI=1S/C18H25BrFN5.HI/c1-11(8-16-12(2)24-25(5)13(16)3)23-18(21-4)22-10-14-9-15(20)6-7-17(14)19;/h6-7,9,11H,8,10H2,1-5H3,(H2,21,22,23);1H. The van der Waals surface area contributed by atoms with E-state index in [4.69, 9.17) is 0 Å². The van der Waals surface area contributed by atoms with Gasteiger partial charge in [-0.05, 0) is 56.5 Å². The van der Waals surface area contributed by atoms with E-state index in [1.165, 1.54) is 23.4 Å². The summed E-state index contributed by atoms with van der Waals surface area (Å²) in [5, 5.41) is 11.1. The van der Waals surface area contributed by atoms with E-state index < -0.39 is 0 Å². The van der Waals surface area contributed by atoms with Gasteiger partial charge in [0.25, 0.3) is 0 Å². The molecule has 1 unspecified atom stereocenters. The summed E-state index contributed by atoms with van der Waals surface area (Å²) in [7, 11) is 3.69. The molecule has 0 saturated heterocycles. The Balaban J connectivity index is 0.00000338. The maximum absolute atomic E-state index is 13.4. The molecule has 0 aliphatic heterocycles. The minimum Gasteiger partial charge on any atom is -0.354 e. The van der Waals surface area contributed by atoms with E-state index in [-0.39, 0.29) is 35.8 Å². The lowest BCUT2D eigenvalue weighted by Crippen LogP contribution is -2.42. The lowest BCUT2D eigenvalue weighted by molar-refractivity contribution is 0.620. The van der Waals surface area contributed by atoms with Crippen LogP contribution in [0.25, 0.3) is 0 Å². The molecule has 1 atom stereocenters. The van der Waals surface area contributed by atoms with Gasteiger partial charge >= 0.3 is 0 Å². The first kappa shape index (κ1) is 22.9. The van der Waals surface area contributed by atoms with Crippen LogP contribution < -0.4 is 10.6 Å². The van der Waals surface area contributed by atoms with Crippen LogP contribution in [0.4, 0.5) is 4.39 Å². The van der Waals surface area contributed by atoms with Crippen molar-refractivity contribution in [1.29, 1.82) is 0 Å². The second kappa shape index (κ2) is 10.2. The minimum absolute atomic E-state index is 0. The largest absolute Gasteiger partial charge is 0.354 e. The van der Waals surface area contributed by atoms with E-state index >= 15 is 0 Å². The van der Waals surface area contributed by atoms with Gasteiger partial charge < -0.3 is 10.6 Å². The van der Waals surface area contributed by atoms with Crippen molar-refractivity contribution in [3.63, 3.8) is 0 Å². The fourth-order valence-corrected chi connectivity index (χ4v) is 3.14. The van der Waals surface area contributed by atoms with Gasteiger partial charge in [0.15, 0.2) is 5.96 Å². The Bertz CT molecular complexity index is 775. The number of aliphatic imine (C=N–C) groups is 1. The number of guanidine groups is 1.